The summed E-state index contributed by atoms with van der Waals surface area (Å²) in [6, 6.07) is 6.86. The van der Waals surface area contributed by atoms with Crippen LogP contribution in [0.4, 0.5) is 5.69 Å². The summed E-state index contributed by atoms with van der Waals surface area (Å²) in [5.41, 5.74) is 4.37. The summed E-state index contributed by atoms with van der Waals surface area (Å²) >= 11 is 0. The normalized spacial score (nSPS) is 24.4. The molecule has 1 atom stereocenters. The van der Waals surface area contributed by atoms with Crippen molar-refractivity contribution >= 4 is 5.69 Å². The number of fused-ring (bicyclic) bond motifs is 1. The fourth-order valence-electron chi connectivity index (χ4n) is 3.56. The van der Waals surface area contributed by atoms with E-state index < -0.39 is 0 Å². The van der Waals surface area contributed by atoms with Crippen molar-refractivity contribution in [3.63, 3.8) is 0 Å². The first-order valence-electron chi connectivity index (χ1n) is 7.17. The Kier molecular flexibility index (Phi) is 3.09. The zero-order valence-corrected chi connectivity index (χ0v) is 10.8. The second-order valence-corrected chi connectivity index (χ2v) is 5.91. The number of hydrogen-bond donors (Lipinski definition) is 1. The maximum atomic E-state index is 3.57. The van der Waals surface area contributed by atoms with Gasteiger partial charge in [0.05, 0.1) is 0 Å². The molecule has 1 saturated carbocycles. The van der Waals surface area contributed by atoms with Crippen molar-refractivity contribution in [1.29, 1.82) is 0 Å². The van der Waals surface area contributed by atoms with E-state index in [0.717, 1.165) is 18.4 Å². The van der Waals surface area contributed by atoms with E-state index >= 15 is 0 Å². The summed E-state index contributed by atoms with van der Waals surface area (Å²) in [6.07, 6.45) is 8.74. The third-order valence-corrected chi connectivity index (χ3v) is 4.53. The number of rotatable bonds is 2. The zero-order valence-electron chi connectivity index (χ0n) is 10.8. The van der Waals surface area contributed by atoms with Crippen LogP contribution >= 0.6 is 0 Å². The van der Waals surface area contributed by atoms with E-state index in [1.54, 1.807) is 5.56 Å². The Morgan fingerprint density at radius 3 is 2.82 bits per heavy atom. The van der Waals surface area contributed by atoms with Gasteiger partial charge in [0.25, 0.3) is 0 Å². The van der Waals surface area contributed by atoms with Gasteiger partial charge in [0, 0.05) is 18.2 Å². The lowest BCUT2D eigenvalue weighted by molar-refractivity contribution is 0.322. The van der Waals surface area contributed by atoms with Crippen molar-refractivity contribution in [3.8, 4) is 0 Å². The maximum absolute atomic E-state index is 3.57. The summed E-state index contributed by atoms with van der Waals surface area (Å²) in [7, 11) is 0. The van der Waals surface area contributed by atoms with Crippen LogP contribution in [-0.2, 0) is 0 Å². The molecule has 1 aliphatic carbocycles. The van der Waals surface area contributed by atoms with E-state index in [1.165, 1.54) is 49.8 Å². The van der Waals surface area contributed by atoms with E-state index in [1.807, 2.05) is 0 Å². The van der Waals surface area contributed by atoms with Gasteiger partial charge in [-0.05, 0) is 30.9 Å². The molecule has 1 unspecified atom stereocenters. The Morgan fingerprint density at radius 2 is 2.00 bits per heavy atom. The smallest absolute Gasteiger partial charge is 0.0376 e. The zero-order chi connectivity index (χ0) is 11.7. The van der Waals surface area contributed by atoms with Gasteiger partial charge in [-0.1, -0.05) is 49.8 Å². The first kappa shape index (κ1) is 11.1. The molecule has 0 bridgehead atoms. The van der Waals surface area contributed by atoms with Gasteiger partial charge in [-0.2, -0.15) is 0 Å². The van der Waals surface area contributed by atoms with Gasteiger partial charge in [0.15, 0.2) is 0 Å². The van der Waals surface area contributed by atoms with Crippen LogP contribution in [-0.4, -0.2) is 6.54 Å². The Labute approximate surface area is 105 Å². The molecule has 0 amide bonds. The monoisotopic (exact) mass is 229 g/mol. The summed E-state index contributed by atoms with van der Waals surface area (Å²) in [6.45, 7) is 3.37. The highest BCUT2D eigenvalue weighted by Crippen LogP contribution is 2.39. The fraction of sp³-hybridized carbons (Fsp3) is 0.625. The maximum Gasteiger partial charge on any atom is 0.0376 e. The first-order chi connectivity index (χ1) is 8.33. The van der Waals surface area contributed by atoms with Crippen LogP contribution in [0.15, 0.2) is 18.2 Å². The van der Waals surface area contributed by atoms with Crippen LogP contribution in [0.3, 0.4) is 0 Å². The molecule has 0 spiro atoms. The molecule has 1 aromatic carbocycles. The van der Waals surface area contributed by atoms with Crippen molar-refractivity contribution in [1.82, 2.24) is 0 Å². The fourth-order valence-corrected chi connectivity index (χ4v) is 3.56. The third-order valence-electron chi connectivity index (χ3n) is 4.53. The number of nitrogens with one attached hydrogen (secondary N) is 1. The summed E-state index contributed by atoms with van der Waals surface area (Å²) in [5.74, 6) is 1.76. The van der Waals surface area contributed by atoms with E-state index in [4.69, 9.17) is 0 Å². The number of hydrogen-bond acceptors (Lipinski definition) is 1. The second-order valence-electron chi connectivity index (χ2n) is 5.91. The standard InChI is InChI=1S/C16H23N/c1-12-7-8-16-15(9-12)14(11-17-16)10-13-5-3-2-4-6-13/h7-9,13-14,17H,2-6,10-11H2,1H3. The Balaban J connectivity index is 1.72. The molecule has 1 aromatic rings. The topological polar surface area (TPSA) is 12.0 Å². The Hall–Kier alpha value is -0.980. The summed E-state index contributed by atoms with van der Waals surface area (Å²) in [5, 5.41) is 3.57. The minimum absolute atomic E-state index is 0.771. The van der Waals surface area contributed by atoms with Gasteiger partial charge >= 0.3 is 0 Å². The summed E-state index contributed by atoms with van der Waals surface area (Å²) < 4.78 is 0. The molecule has 1 aliphatic heterocycles. The van der Waals surface area contributed by atoms with Crippen LogP contribution in [0.1, 0.15) is 55.6 Å². The molecule has 0 saturated heterocycles. The minimum atomic E-state index is 0.771. The van der Waals surface area contributed by atoms with E-state index in [2.05, 4.69) is 30.4 Å². The molecule has 0 radical (unpaired) electrons. The van der Waals surface area contributed by atoms with Crippen LogP contribution in [0.5, 0.6) is 0 Å². The van der Waals surface area contributed by atoms with Gasteiger partial charge < -0.3 is 5.32 Å². The number of aryl methyl sites for hydroxylation is 1. The van der Waals surface area contributed by atoms with Crippen molar-refractivity contribution < 1.29 is 0 Å². The highest BCUT2D eigenvalue weighted by atomic mass is 14.9. The van der Waals surface area contributed by atoms with Gasteiger partial charge in [-0.3, -0.25) is 0 Å². The van der Waals surface area contributed by atoms with Crippen LogP contribution in [0.25, 0.3) is 0 Å². The SMILES string of the molecule is Cc1ccc2c(c1)C(CC1CCCCC1)CN2. The summed E-state index contributed by atoms with van der Waals surface area (Å²) in [4.78, 5) is 0. The molecular formula is C16H23N. The Bertz CT molecular complexity index is 391. The lowest BCUT2D eigenvalue weighted by Crippen LogP contribution is -2.12. The van der Waals surface area contributed by atoms with E-state index in [0.29, 0.717) is 0 Å². The van der Waals surface area contributed by atoms with E-state index in [-0.39, 0.29) is 0 Å². The molecule has 1 nitrogen and oxygen atoms in total. The first-order valence-corrected chi connectivity index (χ1v) is 7.17. The van der Waals surface area contributed by atoms with E-state index in [9.17, 15) is 0 Å². The van der Waals surface area contributed by atoms with Gasteiger partial charge in [-0.15, -0.1) is 0 Å². The van der Waals surface area contributed by atoms with Crippen molar-refractivity contribution in [2.45, 2.75) is 51.4 Å². The molecule has 1 heteroatoms. The van der Waals surface area contributed by atoms with Crippen molar-refractivity contribution in [3.05, 3.63) is 29.3 Å². The van der Waals surface area contributed by atoms with Crippen LogP contribution < -0.4 is 5.32 Å². The molecule has 1 N–H and O–H groups in total. The van der Waals surface area contributed by atoms with Crippen molar-refractivity contribution in [2.24, 2.45) is 5.92 Å². The van der Waals surface area contributed by atoms with Gasteiger partial charge in [0.1, 0.15) is 0 Å². The van der Waals surface area contributed by atoms with Crippen LogP contribution in [0, 0.1) is 12.8 Å². The molecule has 1 heterocycles. The lowest BCUT2D eigenvalue weighted by Gasteiger charge is -2.24. The van der Waals surface area contributed by atoms with Gasteiger partial charge in [-0.25, -0.2) is 0 Å². The molecule has 1 fully saturated rings. The predicted octanol–water partition coefficient (Wildman–Crippen LogP) is 4.47. The minimum Gasteiger partial charge on any atom is -0.384 e. The number of benzene rings is 1. The predicted molar refractivity (Wildman–Crippen MR) is 73.6 cm³/mol. The quantitative estimate of drug-likeness (QED) is 0.788. The molecule has 3 rings (SSSR count). The lowest BCUT2D eigenvalue weighted by atomic mass is 9.81. The van der Waals surface area contributed by atoms with Gasteiger partial charge in [0.2, 0.25) is 0 Å². The number of anilines is 1. The average molecular weight is 229 g/mol. The van der Waals surface area contributed by atoms with Crippen molar-refractivity contribution in [2.75, 3.05) is 11.9 Å². The largest absolute Gasteiger partial charge is 0.384 e. The molecule has 0 aromatic heterocycles. The molecule has 17 heavy (non-hydrogen) atoms. The third kappa shape index (κ3) is 2.34. The second kappa shape index (κ2) is 4.72. The van der Waals surface area contributed by atoms with Crippen LogP contribution in [0.2, 0.25) is 0 Å². The molecule has 92 valence electrons. The average Bonchev–Trinajstić information content (AvgIpc) is 2.73. The highest BCUT2D eigenvalue weighted by molar-refractivity contribution is 5.58. The molecule has 2 aliphatic rings. The highest BCUT2D eigenvalue weighted by Gasteiger charge is 2.25. The Morgan fingerprint density at radius 1 is 1.18 bits per heavy atom. The molecular weight excluding hydrogens is 206 g/mol.